The Morgan fingerprint density at radius 2 is 1.76 bits per heavy atom. The van der Waals surface area contributed by atoms with E-state index >= 15 is 0 Å². The van der Waals surface area contributed by atoms with Gasteiger partial charge in [-0.15, -0.1) is 0 Å². The summed E-state index contributed by atoms with van der Waals surface area (Å²) in [6, 6.07) is 15.6. The molecule has 0 spiro atoms. The Hall–Kier alpha value is -2.13. The molecule has 2 N–H and O–H groups in total. The predicted molar refractivity (Wildman–Crippen MR) is 87.7 cm³/mol. The summed E-state index contributed by atoms with van der Waals surface area (Å²) in [4.78, 5) is 14.7. The zero-order chi connectivity index (χ0) is 15.2. The van der Waals surface area contributed by atoms with Gasteiger partial charge in [0.1, 0.15) is 0 Å². The number of benzene rings is 2. The number of hydrogen-bond acceptors (Lipinski definition) is 2. The largest absolute Gasteiger partial charge is 0.330 e. The quantitative estimate of drug-likeness (QED) is 0.914. The SMILES string of the molecule is Cc1cccc(C(=O)N(CCCN)c2ccccc2)c1C. The first-order chi connectivity index (χ1) is 10.1. The van der Waals surface area contributed by atoms with Crippen LogP contribution in [0.3, 0.4) is 0 Å². The second kappa shape index (κ2) is 7.04. The van der Waals surface area contributed by atoms with Gasteiger partial charge in [0.05, 0.1) is 0 Å². The second-order valence-electron chi connectivity index (χ2n) is 5.18. The van der Waals surface area contributed by atoms with E-state index in [1.807, 2.05) is 67.3 Å². The Kier molecular flexibility index (Phi) is 5.12. The van der Waals surface area contributed by atoms with Gasteiger partial charge in [0.2, 0.25) is 0 Å². The van der Waals surface area contributed by atoms with Crippen LogP contribution in [0.15, 0.2) is 48.5 Å². The number of carbonyl (C=O) groups excluding carboxylic acids is 1. The molecule has 0 radical (unpaired) electrons. The maximum atomic E-state index is 12.9. The van der Waals surface area contributed by atoms with Gasteiger partial charge in [-0.2, -0.15) is 0 Å². The van der Waals surface area contributed by atoms with Gasteiger partial charge >= 0.3 is 0 Å². The Balaban J connectivity index is 2.36. The molecule has 0 bridgehead atoms. The van der Waals surface area contributed by atoms with Crippen LogP contribution in [0.25, 0.3) is 0 Å². The third-order valence-electron chi connectivity index (χ3n) is 3.73. The Morgan fingerprint density at radius 1 is 1.05 bits per heavy atom. The number of nitrogens with zero attached hydrogens (tertiary/aromatic N) is 1. The lowest BCUT2D eigenvalue weighted by atomic mass is 10.0. The summed E-state index contributed by atoms with van der Waals surface area (Å²) in [6.07, 6.45) is 0.783. The van der Waals surface area contributed by atoms with Crippen molar-refractivity contribution in [2.75, 3.05) is 18.0 Å². The lowest BCUT2D eigenvalue weighted by molar-refractivity contribution is 0.0986. The molecule has 1 amide bonds. The number of anilines is 1. The van der Waals surface area contributed by atoms with Gasteiger partial charge in [-0.1, -0.05) is 30.3 Å². The third-order valence-corrected chi connectivity index (χ3v) is 3.73. The van der Waals surface area contributed by atoms with Crippen molar-refractivity contribution in [2.45, 2.75) is 20.3 Å². The normalized spacial score (nSPS) is 10.4. The lowest BCUT2D eigenvalue weighted by Gasteiger charge is -2.24. The molecule has 0 aliphatic carbocycles. The standard InChI is InChI=1S/C18H22N2O/c1-14-8-6-11-17(15(14)2)18(21)20(13-7-12-19)16-9-4-3-5-10-16/h3-6,8-11H,7,12-13,19H2,1-2H3. The Morgan fingerprint density at radius 3 is 2.43 bits per heavy atom. The minimum absolute atomic E-state index is 0.0378. The summed E-state index contributed by atoms with van der Waals surface area (Å²) >= 11 is 0. The molecule has 0 aliphatic heterocycles. The van der Waals surface area contributed by atoms with Crippen molar-refractivity contribution < 1.29 is 4.79 Å². The number of carbonyl (C=O) groups is 1. The molecule has 0 aliphatic rings. The van der Waals surface area contributed by atoms with Gasteiger partial charge in [0, 0.05) is 17.8 Å². The third kappa shape index (κ3) is 3.50. The van der Waals surface area contributed by atoms with Gasteiger partial charge in [-0.3, -0.25) is 4.79 Å². The highest BCUT2D eigenvalue weighted by molar-refractivity contribution is 6.07. The first-order valence-electron chi connectivity index (χ1n) is 7.28. The van der Waals surface area contributed by atoms with Crippen LogP contribution in [0, 0.1) is 13.8 Å². The summed E-state index contributed by atoms with van der Waals surface area (Å²) in [5.74, 6) is 0.0378. The topological polar surface area (TPSA) is 46.3 Å². The van der Waals surface area contributed by atoms with Crippen molar-refractivity contribution >= 4 is 11.6 Å². The fourth-order valence-electron chi connectivity index (χ4n) is 2.33. The highest BCUT2D eigenvalue weighted by Gasteiger charge is 2.19. The molecule has 0 saturated heterocycles. The van der Waals surface area contributed by atoms with Crippen LogP contribution in [-0.2, 0) is 0 Å². The maximum absolute atomic E-state index is 12.9. The van der Waals surface area contributed by atoms with Crippen LogP contribution in [0.5, 0.6) is 0 Å². The van der Waals surface area contributed by atoms with Gasteiger partial charge < -0.3 is 10.6 Å². The molecule has 0 heterocycles. The van der Waals surface area contributed by atoms with E-state index in [-0.39, 0.29) is 5.91 Å². The number of rotatable bonds is 5. The fourth-order valence-corrected chi connectivity index (χ4v) is 2.33. The highest BCUT2D eigenvalue weighted by Crippen LogP contribution is 2.20. The van der Waals surface area contributed by atoms with Gasteiger partial charge in [-0.05, 0) is 56.1 Å². The average Bonchev–Trinajstić information content (AvgIpc) is 2.51. The van der Waals surface area contributed by atoms with Crippen molar-refractivity contribution in [3.63, 3.8) is 0 Å². The van der Waals surface area contributed by atoms with E-state index in [0.717, 1.165) is 28.8 Å². The Labute approximate surface area is 126 Å². The van der Waals surface area contributed by atoms with Crippen LogP contribution in [0.2, 0.25) is 0 Å². The summed E-state index contributed by atoms with van der Waals surface area (Å²) in [6.45, 7) is 5.23. The molecule has 0 unspecified atom stereocenters. The molecular weight excluding hydrogens is 260 g/mol. The van der Waals surface area contributed by atoms with Crippen molar-refractivity contribution in [3.05, 3.63) is 65.2 Å². The number of amides is 1. The predicted octanol–water partition coefficient (Wildman–Crippen LogP) is 3.30. The monoisotopic (exact) mass is 282 g/mol. The van der Waals surface area contributed by atoms with E-state index < -0.39 is 0 Å². The van der Waals surface area contributed by atoms with Crippen LogP contribution in [0.1, 0.15) is 27.9 Å². The molecular formula is C18H22N2O. The van der Waals surface area contributed by atoms with Crippen molar-refractivity contribution in [1.82, 2.24) is 0 Å². The molecule has 3 heteroatoms. The van der Waals surface area contributed by atoms with Crippen LogP contribution >= 0.6 is 0 Å². The number of hydrogen-bond donors (Lipinski definition) is 1. The molecule has 110 valence electrons. The second-order valence-corrected chi connectivity index (χ2v) is 5.18. The zero-order valence-corrected chi connectivity index (χ0v) is 12.7. The van der Waals surface area contributed by atoms with Gasteiger partial charge in [0.15, 0.2) is 0 Å². The summed E-state index contributed by atoms with van der Waals surface area (Å²) in [5.41, 5.74) is 9.45. The van der Waals surface area contributed by atoms with Crippen LogP contribution in [0.4, 0.5) is 5.69 Å². The number of para-hydroxylation sites is 1. The van der Waals surface area contributed by atoms with E-state index in [0.29, 0.717) is 13.1 Å². The lowest BCUT2D eigenvalue weighted by Crippen LogP contribution is -2.33. The molecule has 0 atom stereocenters. The Bertz CT molecular complexity index is 608. The summed E-state index contributed by atoms with van der Waals surface area (Å²) in [7, 11) is 0. The van der Waals surface area contributed by atoms with Crippen molar-refractivity contribution in [3.8, 4) is 0 Å². The molecule has 0 aromatic heterocycles. The first kappa shape index (κ1) is 15.3. The number of nitrogens with two attached hydrogens (primary N) is 1. The molecule has 3 nitrogen and oxygen atoms in total. The van der Waals surface area contributed by atoms with E-state index in [9.17, 15) is 4.79 Å². The average molecular weight is 282 g/mol. The summed E-state index contributed by atoms with van der Waals surface area (Å²) < 4.78 is 0. The molecule has 2 aromatic carbocycles. The smallest absolute Gasteiger partial charge is 0.258 e. The van der Waals surface area contributed by atoms with Crippen LogP contribution < -0.4 is 10.6 Å². The summed E-state index contributed by atoms with van der Waals surface area (Å²) in [5, 5.41) is 0. The van der Waals surface area contributed by atoms with Crippen molar-refractivity contribution in [2.24, 2.45) is 5.73 Å². The van der Waals surface area contributed by atoms with E-state index in [1.165, 1.54) is 0 Å². The molecule has 21 heavy (non-hydrogen) atoms. The molecule has 2 aromatic rings. The molecule has 0 saturated carbocycles. The molecule has 2 rings (SSSR count). The van der Waals surface area contributed by atoms with Crippen molar-refractivity contribution in [1.29, 1.82) is 0 Å². The van der Waals surface area contributed by atoms with Gasteiger partial charge in [0.25, 0.3) is 5.91 Å². The van der Waals surface area contributed by atoms with Gasteiger partial charge in [-0.25, -0.2) is 0 Å². The fraction of sp³-hybridized carbons (Fsp3) is 0.278. The molecule has 0 fully saturated rings. The maximum Gasteiger partial charge on any atom is 0.258 e. The van der Waals surface area contributed by atoms with E-state index in [2.05, 4.69) is 0 Å². The van der Waals surface area contributed by atoms with Crippen LogP contribution in [-0.4, -0.2) is 19.0 Å². The minimum atomic E-state index is 0.0378. The van der Waals surface area contributed by atoms with E-state index in [4.69, 9.17) is 5.73 Å². The number of aryl methyl sites for hydroxylation is 1. The first-order valence-corrected chi connectivity index (χ1v) is 7.28. The zero-order valence-electron chi connectivity index (χ0n) is 12.7. The van der Waals surface area contributed by atoms with E-state index in [1.54, 1.807) is 0 Å². The highest BCUT2D eigenvalue weighted by atomic mass is 16.2. The minimum Gasteiger partial charge on any atom is -0.330 e.